The van der Waals surface area contributed by atoms with E-state index in [2.05, 4.69) is 14.9 Å². The summed E-state index contributed by atoms with van der Waals surface area (Å²) in [5.41, 5.74) is 1.72. The number of ether oxygens (including phenoxy) is 1. The summed E-state index contributed by atoms with van der Waals surface area (Å²) < 4.78 is 7.10. The van der Waals surface area contributed by atoms with Crippen molar-refractivity contribution in [2.45, 2.75) is 18.9 Å². The van der Waals surface area contributed by atoms with Gasteiger partial charge in [-0.25, -0.2) is 4.98 Å². The molecule has 1 aromatic carbocycles. The zero-order chi connectivity index (χ0) is 18.4. The molecule has 0 saturated carbocycles. The van der Waals surface area contributed by atoms with E-state index >= 15 is 0 Å². The lowest BCUT2D eigenvalue weighted by atomic mass is 9.95. The third kappa shape index (κ3) is 4.86. The summed E-state index contributed by atoms with van der Waals surface area (Å²) in [7, 11) is 1.55. The smallest absolute Gasteiger partial charge is 0.225 e. The lowest BCUT2D eigenvalue weighted by Crippen LogP contribution is -2.18. The molecule has 0 fully saturated rings. The third-order valence-electron chi connectivity index (χ3n) is 4.10. The average Bonchev–Trinajstić information content (AvgIpc) is 3.15. The Bertz CT molecular complexity index is 831. The van der Waals surface area contributed by atoms with Crippen LogP contribution in [0.3, 0.4) is 0 Å². The Kier molecular flexibility index (Phi) is 5.92. The van der Waals surface area contributed by atoms with Gasteiger partial charge in [-0.3, -0.25) is 4.79 Å². The number of nitrogens with zero attached hydrogens (tertiary/aromatic N) is 2. The number of benzene rings is 1. The van der Waals surface area contributed by atoms with E-state index < -0.39 is 0 Å². The van der Waals surface area contributed by atoms with Gasteiger partial charge in [0.05, 0.1) is 19.0 Å². The van der Waals surface area contributed by atoms with Crippen LogP contribution < -0.4 is 10.1 Å². The summed E-state index contributed by atoms with van der Waals surface area (Å²) in [6.45, 7) is 0.711. The number of methoxy groups -OCH3 is 1. The molecule has 1 unspecified atom stereocenters. The lowest BCUT2D eigenvalue weighted by Gasteiger charge is -2.18. The van der Waals surface area contributed by atoms with E-state index in [0.717, 1.165) is 5.56 Å². The molecule has 1 atom stereocenters. The number of anilines is 1. The molecule has 2 aromatic heterocycles. The van der Waals surface area contributed by atoms with Gasteiger partial charge in [0.25, 0.3) is 0 Å². The summed E-state index contributed by atoms with van der Waals surface area (Å²) in [4.78, 5) is 16.6. The fraction of sp³-hybridized carbons (Fsp3) is 0.200. The van der Waals surface area contributed by atoms with Crippen molar-refractivity contribution in [3.63, 3.8) is 0 Å². The second-order valence-corrected chi connectivity index (χ2v) is 6.41. The molecular formula is C20H20ClN3O2. The van der Waals surface area contributed by atoms with Crippen LogP contribution in [0.15, 0.2) is 67.1 Å². The van der Waals surface area contributed by atoms with Crippen molar-refractivity contribution in [2.24, 2.45) is 0 Å². The molecule has 3 aromatic rings. The van der Waals surface area contributed by atoms with Crippen molar-refractivity contribution in [3.8, 4) is 5.88 Å². The van der Waals surface area contributed by atoms with Gasteiger partial charge in [-0.1, -0.05) is 23.7 Å². The molecule has 1 N–H and O–H groups in total. The zero-order valence-electron chi connectivity index (χ0n) is 14.4. The average molecular weight is 370 g/mol. The first-order valence-corrected chi connectivity index (χ1v) is 8.68. The number of amides is 1. The van der Waals surface area contributed by atoms with Crippen LogP contribution in [0.25, 0.3) is 0 Å². The molecule has 0 saturated heterocycles. The fourth-order valence-corrected chi connectivity index (χ4v) is 2.91. The molecule has 5 nitrogen and oxygen atoms in total. The molecule has 0 spiro atoms. The number of aromatic nitrogens is 2. The van der Waals surface area contributed by atoms with E-state index in [1.54, 1.807) is 25.4 Å². The number of pyridine rings is 1. The van der Waals surface area contributed by atoms with Crippen LogP contribution in [0.1, 0.15) is 17.9 Å². The molecule has 134 valence electrons. The summed E-state index contributed by atoms with van der Waals surface area (Å²) in [6, 6.07) is 15.1. The normalized spacial score (nSPS) is 11.8. The molecule has 26 heavy (non-hydrogen) atoms. The van der Waals surface area contributed by atoms with Gasteiger partial charge < -0.3 is 14.6 Å². The number of hydrogen-bond acceptors (Lipinski definition) is 3. The van der Waals surface area contributed by atoms with E-state index in [9.17, 15) is 4.79 Å². The Morgan fingerprint density at radius 3 is 2.54 bits per heavy atom. The van der Waals surface area contributed by atoms with Crippen molar-refractivity contribution in [3.05, 3.63) is 77.7 Å². The Morgan fingerprint density at radius 1 is 1.19 bits per heavy atom. The standard InChI is InChI=1S/C20H20ClN3O2/c1-26-20-9-8-18(13-22-20)23-19(25)12-16(14-24-10-2-3-11-24)15-4-6-17(21)7-5-15/h2-11,13,16H,12,14H2,1H3,(H,23,25). The maximum Gasteiger partial charge on any atom is 0.225 e. The van der Waals surface area contributed by atoms with E-state index in [1.165, 1.54) is 0 Å². The predicted octanol–water partition coefficient (Wildman–Crippen LogP) is 4.36. The SMILES string of the molecule is COc1ccc(NC(=O)CC(Cn2cccc2)c2ccc(Cl)cc2)cn1. The maximum absolute atomic E-state index is 12.5. The van der Waals surface area contributed by atoms with Gasteiger partial charge in [-0.05, 0) is 35.9 Å². The summed E-state index contributed by atoms with van der Waals surface area (Å²) in [6.07, 6.45) is 5.92. The van der Waals surface area contributed by atoms with Crippen molar-refractivity contribution < 1.29 is 9.53 Å². The van der Waals surface area contributed by atoms with Gasteiger partial charge in [0.15, 0.2) is 0 Å². The highest BCUT2D eigenvalue weighted by molar-refractivity contribution is 6.30. The number of carbonyl (C=O) groups is 1. The second kappa shape index (κ2) is 8.54. The van der Waals surface area contributed by atoms with E-state index in [0.29, 0.717) is 29.6 Å². The minimum Gasteiger partial charge on any atom is -0.481 e. The minimum absolute atomic E-state index is 0.0332. The number of nitrogens with one attached hydrogen (secondary N) is 1. The second-order valence-electron chi connectivity index (χ2n) is 5.97. The van der Waals surface area contributed by atoms with Crippen LogP contribution >= 0.6 is 11.6 Å². The van der Waals surface area contributed by atoms with Crippen molar-refractivity contribution in [1.82, 2.24) is 9.55 Å². The van der Waals surface area contributed by atoms with Crippen LogP contribution in [-0.2, 0) is 11.3 Å². The monoisotopic (exact) mass is 369 g/mol. The minimum atomic E-state index is -0.0657. The van der Waals surface area contributed by atoms with Gasteiger partial charge in [-0.2, -0.15) is 0 Å². The summed E-state index contributed by atoms with van der Waals surface area (Å²) >= 11 is 6.00. The first-order chi connectivity index (χ1) is 12.6. The van der Waals surface area contributed by atoms with E-state index in [1.807, 2.05) is 48.8 Å². The highest BCUT2D eigenvalue weighted by Gasteiger charge is 2.17. The molecule has 0 aliphatic heterocycles. The first kappa shape index (κ1) is 18.0. The Labute approximate surface area is 157 Å². The molecule has 2 heterocycles. The molecule has 1 amide bonds. The molecule has 3 rings (SSSR count). The van der Waals surface area contributed by atoms with Crippen molar-refractivity contribution in [1.29, 1.82) is 0 Å². The van der Waals surface area contributed by atoms with Crippen LogP contribution in [0.4, 0.5) is 5.69 Å². The molecule has 6 heteroatoms. The van der Waals surface area contributed by atoms with Gasteiger partial charge >= 0.3 is 0 Å². The molecule has 0 aliphatic carbocycles. The Hall–Kier alpha value is -2.79. The number of rotatable bonds is 7. The van der Waals surface area contributed by atoms with Crippen LogP contribution in [-0.4, -0.2) is 22.6 Å². The highest BCUT2D eigenvalue weighted by atomic mass is 35.5. The highest BCUT2D eigenvalue weighted by Crippen LogP contribution is 2.24. The van der Waals surface area contributed by atoms with E-state index in [4.69, 9.17) is 16.3 Å². The van der Waals surface area contributed by atoms with Gasteiger partial charge in [-0.15, -0.1) is 0 Å². The Morgan fingerprint density at radius 2 is 1.92 bits per heavy atom. The lowest BCUT2D eigenvalue weighted by molar-refractivity contribution is -0.116. The number of hydrogen-bond donors (Lipinski definition) is 1. The first-order valence-electron chi connectivity index (χ1n) is 8.30. The topological polar surface area (TPSA) is 56.1 Å². The van der Waals surface area contributed by atoms with Crippen LogP contribution in [0, 0.1) is 0 Å². The predicted molar refractivity (Wildman–Crippen MR) is 103 cm³/mol. The third-order valence-corrected chi connectivity index (χ3v) is 4.35. The quantitative estimate of drug-likeness (QED) is 0.673. The fourth-order valence-electron chi connectivity index (χ4n) is 2.78. The summed E-state index contributed by atoms with van der Waals surface area (Å²) in [5.74, 6) is 0.476. The Balaban J connectivity index is 1.71. The zero-order valence-corrected chi connectivity index (χ0v) is 15.2. The number of halogens is 1. The van der Waals surface area contributed by atoms with Gasteiger partial charge in [0.1, 0.15) is 0 Å². The molecule has 0 aliphatic rings. The van der Waals surface area contributed by atoms with Crippen molar-refractivity contribution >= 4 is 23.2 Å². The van der Waals surface area contributed by atoms with Gasteiger partial charge in [0.2, 0.25) is 11.8 Å². The van der Waals surface area contributed by atoms with Gasteiger partial charge in [0, 0.05) is 42.4 Å². The van der Waals surface area contributed by atoms with Crippen LogP contribution in [0.5, 0.6) is 5.88 Å². The number of carbonyl (C=O) groups excluding carboxylic acids is 1. The molecule has 0 bridgehead atoms. The largest absolute Gasteiger partial charge is 0.481 e. The van der Waals surface area contributed by atoms with Crippen LogP contribution in [0.2, 0.25) is 5.02 Å². The summed E-state index contributed by atoms with van der Waals surface area (Å²) in [5, 5.41) is 3.57. The van der Waals surface area contributed by atoms with Crippen molar-refractivity contribution in [2.75, 3.05) is 12.4 Å². The maximum atomic E-state index is 12.5. The molecule has 0 radical (unpaired) electrons. The molecular weight excluding hydrogens is 350 g/mol. The van der Waals surface area contributed by atoms with E-state index in [-0.39, 0.29) is 11.8 Å².